The van der Waals surface area contributed by atoms with Crippen LogP contribution in [0.5, 0.6) is 5.75 Å². The molecule has 5 amide bonds. The molecule has 0 bridgehead atoms. The lowest BCUT2D eigenvalue weighted by Gasteiger charge is -2.42. The lowest BCUT2D eigenvalue weighted by molar-refractivity contribution is -0.274. The summed E-state index contributed by atoms with van der Waals surface area (Å²) in [5, 5.41) is 6.69. The summed E-state index contributed by atoms with van der Waals surface area (Å²) in [5.74, 6) is 0.592. The van der Waals surface area contributed by atoms with Gasteiger partial charge in [-0.25, -0.2) is 14.6 Å². The van der Waals surface area contributed by atoms with Crippen molar-refractivity contribution in [2.75, 3.05) is 64.8 Å². The van der Waals surface area contributed by atoms with E-state index in [9.17, 15) is 32.3 Å². The molecular weight excluding hydrogens is 757 g/mol. The number of likely N-dealkylation sites (tertiary alicyclic amines) is 2. The standard InChI is InChI=1S/C41H47F3N8O6/c1-24-19-33(52(23-24)35(53)22-45-40(56)57-2)37-47-32-10-6-27-20-26(5-8-31(27)36(32)48-37)30-9-7-28(21-34(30)58-41(42,43)44)46-39(55)51-17-15-49(16-18-51)29-11-13-50(14-12-29)38(54)25-3-4-25/h5-10,20-21,24-25,29,33H,3-4,11-19,22-23H2,1-2H3,(H,45,56)(H,46,55)(H,47,48)/t24?,33-/m0/s1. The molecule has 4 heterocycles. The average molecular weight is 805 g/mol. The Kier molecular flexibility index (Phi) is 10.8. The monoisotopic (exact) mass is 804 g/mol. The minimum atomic E-state index is -4.98. The molecule has 3 N–H and O–H groups in total. The van der Waals surface area contributed by atoms with Crippen LogP contribution >= 0.6 is 0 Å². The van der Waals surface area contributed by atoms with E-state index >= 15 is 0 Å². The number of fused-ring (bicyclic) bond motifs is 3. The zero-order chi connectivity index (χ0) is 40.7. The van der Waals surface area contributed by atoms with Gasteiger partial charge in [0.1, 0.15) is 18.1 Å². The predicted molar refractivity (Wildman–Crippen MR) is 209 cm³/mol. The fraction of sp³-hybridized carbons (Fsp3) is 0.488. The lowest BCUT2D eigenvalue weighted by atomic mass is 9.99. The fourth-order valence-electron chi connectivity index (χ4n) is 8.63. The van der Waals surface area contributed by atoms with Gasteiger partial charge in [-0.2, -0.15) is 0 Å². The first-order chi connectivity index (χ1) is 27.8. The Morgan fingerprint density at radius 1 is 0.914 bits per heavy atom. The maximum absolute atomic E-state index is 13.8. The zero-order valence-electron chi connectivity index (χ0n) is 32.4. The van der Waals surface area contributed by atoms with Gasteiger partial charge < -0.3 is 39.8 Å². The molecule has 8 rings (SSSR count). The summed E-state index contributed by atoms with van der Waals surface area (Å²) in [7, 11) is 1.23. The number of alkyl carbamates (subject to hydrolysis) is 1. The minimum Gasteiger partial charge on any atom is -0.453 e. The van der Waals surface area contributed by atoms with E-state index in [1.165, 1.54) is 19.2 Å². The number of amides is 5. The Hall–Kier alpha value is -5.58. The third-order valence-corrected chi connectivity index (χ3v) is 11.8. The number of piperazine rings is 1. The zero-order valence-corrected chi connectivity index (χ0v) is 32.4. The number of rotatable bonds is 8. The van der Waals surface area contributed by atoms with Crippen LogP contribution in [0, 0.1) is 11.8 Å². The van der Waals surface area contributed by atoms with Gasteiger partial charge in [0.05, 0.1) is 24.2 Å². The normalized spacial score (nSPS) is 20.7. The van der Waals surface area contributed by atoms with Crippen LogP contribution < -0.4 is 15.4 Å². The van der Waals surface area contributed by atoms with Gasteiger partial charge in [0.25, 0.3) is 0 Å². The molecule has 1 aliphatic carbocycles. The van der Waals surface area contributed by atoms with Crippen molar-refractivity contribution in [2.24, 2.45) is 11.8 Å². The highest BCUT2D eigenvalue weighted by atomic mass is 19.4. The molecule has 3 saturated heterocycles. The molecular formula is C41H47F3N8O6. The van der Waals surface area contributed by atoms with E-state index in [1.807, 2.05) is 24.0 Å². The molecule has 58 heavy (non-hydrogen) atoms. The van der Waals surface area contributed by atoms with E-state index in [2.05, 4.69) is 30.0 Å². The highest BCUT2D eigenvalue weighted by molar-refractivity contribution is 6.05. The minimum absolute atomic E-state index is 0.171. The maximum Gasteiger partial charge on any atom is 0.573 e. The van der Waals surface area contributed by atoms with Crippen molar-refractivity contribution in [3.8, 4) is 16.9 Å². The maximum atomic E-state index is 13.8. The number of halogens is 3. The van der Waals surface area contributed by atoms with Crippen molar-refractivity contribution in [3.63, 3.8) is 0 Å². The molecule has 4 aromatic rings. The van der Waals surface area contributed by atoms with Gasteiger partial charge in [-0.3, -0.25) is 14.5 Å². The van der Waals surface area contributed by atoms with Gasteiger partial charge >= 0.3 is 18.5 Å². The third kappa shape index (κ3) is 8.49. The second-order valence-corrected chi connectivity index (χ2v) is 15.8. The summed E-state index contributed by atoms with van der Waals surface area (Å²) in [4.78, 5) is 66.3. The molecule has 1 aromatic heterocycles. The molecule has 0 radical (unpaired) electrons. The van der Waals surface area contributed by atoms with E-state index in [4.69, 9.17) is 4.98 Å². The van der Waals surface area contributed by atoms with E-state index in [1.54, 1.807) is 34.1 Å². The SMILES string of the molecule is COC(=O)NCC(=O)N1CC(C)C[C@H]1c1nc2c(ccc3cc(-c4ccc(NC(=O)N5CCN(C6CCN(C(=O)C7CC7)CC6)CC5)cc4OC(F)(F)F)ccc32)[nH]1. The van der Waals surface area contributed by atoms with Crippen molar-refractivity contribution >= 4 is 51.4 Å². The molecule has 4 fully saturated rings. The van der Waals surface area contributed by atoms with Gasteiger partial charge in [-0.1, -0.05) is 25.1 Å². The summed E-state index contributed by atoms with van der Waals surface area (Å²) >= 11 is 0. The first kappa shape index (κ1) is 39.3. The number of imidazole rings is 1. The number of benzene rings is 3. The van der Waals surface area contributed by atoms with Crippen molar-refractivity contribution in [2.45, 2.75) is 57.5 Å². The van der Waals surface area contributed by atoms with Gasteiger partial charge in [0.2, 0.25) is 11.8 Å². The molecule has 2 atom stereocenters. The number of piperidine rings is 1. The number of carbonyl (C=O) groups is 4. The quantitative estimate of drug-likeness (QED) is 0.193. The van der Waals surface area contributed by atoms with Crippen LogP contribution in [-0.2, 0) is 14.3 Å². The van der Waals surface area contributed by atoms with Crippen molar-refractivity contribution in [3.05, 3.63) is 54.4 Å². The Balaban J connectivity index is 0.951. The Morgan fingerprint density at radius 2 is 1.67 bits per heavy atom. The average Bonchev–Trinajstić information content (AvgIpc) is 3.85. The number of H-pyrrole nitrogens is 1. The highest BCUT2D eigenvalue weighted by Gasteiger charge is 2.38. The van der Waals surface area contributed by atoms with Crippen LogP contribution in [0.2, 0.25) is 0 Å². The van der Waals surface area contributed by atoms with Gasteiger partial charge in [-0.05, 0) is 73.2 Å². The number of carbonyl (C=O) groups excluding carboxylic acids is 4. The van der Waals surface area contributed by atoms with Gasteiger partial charge in [0, 0.05) is 80.5 Å². The summed E-state index contributed by atoms with van der Waals surface area (Å²) in [5.41, 5.74) is 2.21. The lowest BCUT2D eigenvalue weighted by Crippen LogP contribution is -2.55. The number of methoxy groups -OCH3 is 1. The Morgan fingerprint density at radius 3 is 2.38 bits per heavy atom. The number of anilines is 1. The van der Waals surface area contributed by atoms with E-state index in [0.29, 0.717) is 62.1 Å². The second-order valence-electron chi connectivity index (χ2n) is 15.8. The summed E-state index contributed by atoms with van der Waals surface area (Å²) in [6.07, 6.45) is -1.18. The summed E-state index contributed by atoms with van der Waals surface area (Å²) in [6, 6.07) is 12.8. The van der Waals surface area contributed by atoms with Crippen LogP contribution in [0.15, 0.2) is 48.5 Å². The molecule has 14 nitrogen and oxygen atoms in total. The molecule has 3 aliphatic heterocycles. The number of alkyl halides is 3. The highest BCUT2D eigenvalue weighted by Crippen LogP contribution is 2.40. The topological polar surface area (TPSA) is 152 Å². The van der Waals surface area contributed by atoms with E-state index < -0.39 is 24.2 Å². The van der Waals surface area contributed by atoms with Crippen LogP contribution in [0.25, 0.3) is 32.9 Å². The molecule has 4 aliphatic rings. The number of hydrogen-bond acceptors (Lipinski definition) is 8. The van der Waals surface area contributed by atoms with Crippen LogP contribution in [0.3, 0.4) is 0 Å². The second kappa shape index (κ2) is 16.0. The third-order valence-electron chi connectivity index (χ3n) is 11.8. The van der Waals surface area contributed by atoms with Crippen molar-refractivity contribution in [1.29, 1.82) is 0 Å². The first-order valence-electron chi connectivity index (χ1n) is 19.9. The summed E-state index contributed by atoms with van der Waals surface area (Å²) in [6.45, 7) is 6.16. The number of ether oxygens (including phenoxy) is 2. The van der Waals surface area contributed by atoms with E-state index in [-0.39, 0.29) is 47.5 Å². The first-order valence-corrected chi connectivity index (χ1v) is 19.9. The van der Waals surface area contributed by atoms with Crippen molar-refractivity contribution < 1.29 is 41.8 Å². The Labute approximate surface area is 333 Å². The van der Waals surface area contributed by atoms with Gasteiger partial charge in [0.15, 0.2) is 0 Å². The Bertz CT molecular complexity index is 2210. The fourth-order valence-corrected chi connectivity index (χ4v) is 8.63. The van der Waals surface area contributed by atoms with Crippen LogP contribution in [0.1, 0.15) is 50.9 Å². The summed E-state index contributed by atoms with van der Waals surface area (Å²) < 4.78 is 50.4. The number of aromatic amines is 1. The van der Waals surface area contributed by atoms with E-state index in [0.717, 1.165) is 55.1 Å². The molecule has 1 saturated carbocycles. The van der Waals surface area contributed by atoms with Crippen LogP contribution in [-0.4, -0.2) is 125 Å². The molecule has 3 aromatic carbocycles. The molecule has 1 unspecified atom stereocenters. The van der Waals surface area contributed by atoms with Crippen LogP contribution in [0.4, 0.5) is 28.4 Å². The number of urea groups is 1. The number of nitrogens with zero attached hydrogens (tertiary/aromatic N) is 5. The molecule has 0 spiro atoms. The molecule has 308 valence electrons. The number of hydrogen-bond donors (Lipinski definition) is 3. The number of nitrogens with one attached hydrogen (secondary N) is 3. The number of aromatic nitrogens is 2. The largest absolute Gasteiger partial charge is 0.573 e. The van der Waals surface area contributed by atoms with Crippen molar-refractivity contribution in [1.82, 2.24) is 34.9 Å². The molecule has 17 heteroatoms. The smallest absolute Gasteiger partial charge is 0.453 e. The van der Waals surface area contributed by atoms with Gasteiger partial charge in [-0.15, -0.1) is 13.2 Å². The predicted octanol–water partition coefficient (Wildman–Crippen LogP) is 6.10.